The first-order valence-electron chi connectivity index (χ1n) is 9.17. The topological polar surface area (TPSA) is 47.5 Å². The van der Waals surface area contributed by atoms with E-state index in [4.69, 9.17) is 9.97 Å². The molecule has 25 heavy (non-hydrogen) atoms. The fourth-order valence-corrected chi connectivity index (χ4v) is 3.14. The standard InChI is InChI=1S/C19H30N6/c1-23(2)10-6-9-20-19-16-7-4-5-8-17(16)21-18(22-19)15-25-13-11-24(3)12-14-25/h4-5,7-8H,6,9-15H2,1-3H3,(H,20,21,22). The van der Waals surface area contributed by atoms with Gasteiger partial charge >= 0.3 is 0 Å². The van der Waals surface area contributed by atoms with Crippen LogP contribution >= 0.6 is 0 Å². The lowest BCUT2D eigenvalue weighted by molar-refractivity contribution is 0.145. The minimum Gasteiger partial charge on any atom is -0.369 e. The van der Waals surface area contributed by atoms with Gasteiger partial charge in [0.25, 0.3) is 0 Å². The quantitative estimate of drug-likeness (QED) is 0.774. The summed E-state index contributed by atoms with van der Waals surface area (Å²) in [6.45, 7) is 7.21. The third-order valence-corrected chi connectivity index (χ3v) is 4.69. The van der Waals surface area contributed by atoms with Crippen LogP contribution in [0.5, 0.6) is 0 Å². The molecule has 2 aromatic rings. The number of anilines is 1. The van der Waals surface area contributed by atoms with Crippen molar-refractivity contribution in [1.29, 1.82) is 0 Å². The monoisotopic (exact) mass is 342 g/mol. The molecular formula is C19H30N6. The summed E-state index contributed by atoms with van der Waals surface area (Å²) < 4.78 is 0. The molecule has 1 aromatic carbocycles. The third kappa shape index (κ3) is 5.11. The van der Waals surface area contributed by atoms with Crippen LogP contribution in [0.15, 0.2) is 24.3 Å². The van der Waals surface area contributed by atoms with E-state index in [9.17, 15) is 0 Å². The lowest BCUT2D eigenvalue weighted by atomic mass is 10.2. The number of nitrogens with one attached hydrogen (secondary N) is 1. The molecule has 0 radical (unpaired) electrons. The minimum atomic E-state index is 0.824. The number of para-hydroxylation sites is 1. The summed E-state index contributed by atoms with van der Waals surface area (Å²) in [6.07, 6.45) is 1.10. The molecule has 1 saturated heterocycles. The molecule has 6 heteroatoms. The van der Waals surface area contributed by atoms with E-state index in [-0.39, 0.29) is 0 Å². The molecule has 0 bridgehead atoms. The predicted octanol–water partition coefficient (Wildman–Crippen LogP) is 1.74. The van der Waals surface area contributed by atoms with E-state index in [0.717, 1.165) is 74.8 Å². The highest BCUT2D eigenvalue weighted by Gasteiger charge is 2.16. The van der Waals surface area contributed by atoms with Crippen molar-refractivity contribution in [2.45, 2.75) is 13.0 Å². The average molecular weight is 342 g/mol. The van der Waals surface area contributed by atoms with Gasteiger partial charge in [-0.1, -0.05) is 12.1 Å². The van der Waals surface area contributed by atoms with Gasteiger partial charge in [-0.3, -0.25) is 4.90 Å². The lowest BCUT2D eigenvalue weighted by Gasteiger charge is -2.31. The second kappa shape index (κ2) is 8.56. The summed E-state index contributed by atoms with van der Waals surface area (Å²) in [6, 6.07) is 8.28. The zero-order chi connectivity index (χ0) is 17.6. The maximum atomic E-state index is 4.84. The molecule has 1 N–H and O–H groups in total. The zero-order valence-electron chi connectivity index (χ0n) is 15.7. The highest BCUT2D eigenvalue weighted by atomic mass is 15.3. The Morgan fingerprint density at radius 2 is 1.84 bits per heavy atom. The molecule has 136 valence electrons. The van der Waals surface area contributed by atoms with E-state index in [0.29, 0.717) is 0 Å². The van der Waals surface area contributed by atoms with Crippen LogP contribution in [0.2, 0.25) is 0 Å². The van der Waals surface area contributed by atoms with Gasteiger partial charge in [0.2, 0.25) is 0 Å². The van der Waals surface area contributed by atoms with Gasteiger partial charge in [0, 0.05) is 38.1 Å². The molecule has 0 spiro atoms. The Labute approximate surface area is 150 Å². The SMILES string of the molecule is CN(C)CCCNc1nc(CN2CCN(C)CC2)nc2ccccc12. The molecule has 0 atom stereocenters. The van der Waals surface area contributed by atoms with Crippen molar-refractivity contribution < 1.29 is 0 Å². The van der Waals surface area contributed by atoms with Crippen LogP contribution in [0, 0.1) is 0 Å². The van der Waals surface area contributed by atoms with E-state index in [1.807, 2.05) is 6.07 Å². The average Bonchev–Trinajstić information content (AvgIpc) is 2.60. The minimum absolute atomic E-state index is 0.824. The molecule has 1 aliphatic rings. The largest absolute Gasteiger partial charge is 0.369 e. The highest BCUT2D eigenvalue weighted by Crippen LogP contribution is 2.20. The van der Waals surface area contributed by atoms with Crippen molar-refractivity contribution >= 4 is 16.7 Å². The summed E-state index contributed by atoms with van der Waals surface area (Å²) in [7, 11) is 6.39. The summed E-state index contributed by atoms with van der Waals surface area (Å²) >= 11 is 0. The number of likely N-dealkylation sites (N-methyl/N-ethyl adjacent to an activating group) is 1. The van der Waals surface area contributed by atoms with Crippen LogP contribution in [0.4, 0.5) is 5.82 Å². The first-order valence-corrected chi connectivity index (χ1v) is 9.17. The smallest absolute Gasteiger partial charge is 0.145 e. The molecule has 1 fully saturated rings. The molecule has 0 saturated carbocycles. The molecule has 3 rings (SSSR count). The number of hydrogen-bond acceptors (Lipinski definition) is 6. The van der Waals surface area contributed by atoms with Crippen LogP contribution in [-0.4, -0.2) is 85.1 Å². The molecule has 0 amide bonds. The molecule has 0 unspecified atom stereocenters. The maximum Gasteiger partial charge on any atom is 0.145 e. The van der Waals surface area contributed by atoms with Gasteiger partial charge in [-0.15, -0.1) is 0 Å². The Balaban J connectivity index is 1.72. The van der Waals surface area contributed by atoms with Crippen molar-refractivity contribution in [3.63, 3.8) is 0 Å². The number of rotatable bonds is 7. The fraction of sp³-hybridized carbons (Fsp3) is 0.579. The molecule has 1 aliphatic heterocycles. The Morgan fingerprint density at radius 3 is 2.60 bits per heavy atom. The number of piperazine rings is 1. The summed E-state index contributed by atoms with van der Waals surface area (Å²) in [4.78, 5) is 16.7. The Bertz CT molecular complexity index is 679. The van der Waals surface area contributed by atoms with Crippen molar-refractivity contribution in [3.8, 4) is 0 Å². The summed E-state index contributed by atoms with van der Waals surface area (Å²) in [5.74, 6) is 1.88. The lowest BCUT2D eigenvalue weighted by Crippen LogP contribution is -2.44. The van der Waals surface area contributed by atoms with Crippen molar-refractivity contribution in [3.05, 3.63) is 30.1 Å². The Hall–Kier alpha value is -1.76. The van der Waals surface area contributed by atoms with Crippen LogP contribution in [0.3, 0.4) is 0 Å². The fourth-order valence-electron chi connectivity index (χ4n) is 3.14. The Kier molecular flexibility index (Phi) is 6.18. The van der Waals surface area contributed by atoms with Gasteiger partial charge in [-0.25, -0.2) is 9.97 Å². The van der Waals surface area contributed by atoms with Crippen molar-refractivity contribution in [2.75, 3.05) is 65.7 Å². The van der Waals surface area contributed by atoms with E-state index in [2.05, 4.69) is 59.4 Å². The number of fused-ring (bicyclic) bond motifs is 1. The van der Waals surface area contributed by atoms with Gasteiger partial charge in [-0.2, -0.15) is 0 Å². The number of benzene rings is 1. The van der Waals surface area contributed by atoms with Crippen LogP contribution in [0.1, 0.15) is 12.2 Å². The van der Waals surface area contributed by atoms with E-state index in [1.54, 1.807) is 0 Å². The maximum absolute atomic E-state index is 4.84. The van der Waals surface area contributed by atoms with Crippen LogP contribution in [-0.2, 0) is 6.54 Å². The predicted molar refractivity (Wildman–Crippen MR) is 104 cm³/mol. The molecular weight excluding hydrogens is 312 g/mol. The number of nitrogens with zero attached hydrogens (tertiary/aromatic N) is 5. The number of hydrogen-bond donors (Lipinski definition) is 1. The highest BCUT2D eigenvalue weighted by molar-refractivity contribution is 5.88. The van der Waals surface area contributed by atoms with Gasteiger partial charge in [0.1, 0.15) is 11.6 Å². The van der Waals surface area contributed by atoms with Gasteiger partial charge < -0.3 is 15.1 Å². The summed E-state index contributed by atoms with van der Waals surface area (Å²) in [5, 5.41) is 4.63. The van der Waals surface area contributed by atoms with Crippen LogP contribution in [0.25, 0.3) is 10.9 Å². The Morgan fingerprint density at radius 1 is 1.08 bits per heavy atom. The second-order valence-electron chi connectivity index (χ2n) is 7.17. The van der Waals surface area contributed by atoms with Gasteiger partial charge in [0.05, 0.1) is 12.1 Å². The normalized spacial score (nSPS) is 16.6. The summed E-state index contributed by atoms with van der Waals surface area (Å²) in [5.41, 5.74) is 1.02. The van der Waals surface area contributed by atoms with Gasteiger partial charge in [-0.05, 0) is 46.2 Å². The molecule has 2 heterocycles. The first-order chi connectivity index (χ1) is 12.1. The zero-order valence-corrected chi connectivity index (χ0v) is 15.7. The van der Waals surface area contributed by atoms with E-state index >= 15 is 0 Å². The van der Waals surface area contributed by atoms with E-state index < -0.39 is 0 Å². The molecule has 6 nitrogen and oxygen atoms in total. The molecule has 1 aromatic heterocycles. The molecule has 0 aliphatic carbocycles. The third-order valence-electron chi connectivity index (χ3n) is 4.69. The van der Waals surface area contributed by atoms with Gasteiger partial charge in [0.15, 0.2) is 0 Å². The first kappa shape index (κ1) is 18.0. The second-order valence-corrected chi connectivity index (χ2v) is 7.17. The van der Waals surface area contributed by atoms with Crippen LogP contribution < -0.4 is 5.32 Å². The van der Waals surface area contributed by atoms with E-state index in [1.165, 1.54) is 0 Å². The number of aromatic nitrogens is 2. The van der Waals surface area contributed by atoms with Crippen molar-refractivity contribution in [1.82, 2.24) is 24.7 Å². The van der Waals surface area contributed by atoms with Crippen molar-refractivity contribution in [2.24, 2.45) is 0 Å².